The van der Waals surface area contributed by atoms with E-state index in [-0.39, 0.29) is 0 Å². The topological polar surface area (TPSA) is 30.7 Å². The number of benzene rings is 1. The van der Waals surface area contributed by atoms with E-state index < -0.39 is 0 Å². The Morgan fingerprint density at radius 1 is 1.31 bits per heavy atom. The standard InChI is InChI=1S/C12H14ClN3/c1-10(7-11-5-3-2-4-6-11)16-9-14-15-12(16)8-13/h2-6,9-10H,7-8H2,1H3. The third-order valence-electron chi connectivity index (χ3n) is 2.62. The Kier molecular flexibility index (Phi) is 3.57. The van der Waals surface area contributed by atoms with Crippen molar-refractivity contribution in [2.75, 3.05) is 0 Å². The first-order valence-corrected chi connectivity index (χ1v) is 5.83. The van der Waals surface area contributed by atoms with Crippen molar-refractivity contribution in [1.29, 1.82) is 0 Å². The molecule has 1 aromatic heterocycles. The molecular weight excluding hydrogens is 222 g/mol. The van der Waals surface area contributed by atoms with Crippen molar-refractivity contribution in [3.8, 4) is 0 Å². The van der Waals surface area contributed by atoms with E-state index in [1.54, 1.807) is 6.33 Å². The summed E-state index contributed by atoms with van der Waals surface area (Å²) in [6.07, 6.45) is 2.70. The van der Waals surface area contributed by atoms with Crippen molar-refractivity contribution in [1.82, 2.24) is 14.8 Å². The third kappa shape index (κ3) is 2.42. The van der Waals surface area contributed by atoms with Gasteiger partial charge in [-0.2, -0.15) is 0 Å². The molecule has 1 aromatic carbocycles. The highest BCUT2D eigenvalue weighted by molar-refractivity contribution is 6.16. The van der Waals surface area contributed by atoms with E-state index in [4.69, 9.17) is 11.6 Å². The molecule has 2 rings (SSSR count). The minimum Gasteiger partial charge on any atom is -0.313 e. The minimum absolute atomic E-state index is 0.325. The van der Waals surface area contributed by atoms with Gasteiger partial charge in [-0.05, 0) is 18.9 Å². The smallest absolute Gasteiger partial charge is 0.148 e. The van der Waals surface area contributed by atoms with Gasteiger partial charge in [-0.15, -0.1) is 21.8 Å². The predicted molar refractivity (Wildman–Crippen MR) is 64.4 cm³/mol. The summed E-state index contributed by atoms with van der Waals surface area (Å²) in [5, 5.41) is 7.86. The van der Waals surface area contributed by atoms with E-state index in [0.717, 1.165) is 12.2 Å². The van der Waals surface area contributed by atoms with Crippen LogP contribution in [0.5, 0.6) is 0 Å². The summed E-state index contributed by atoms with van der Waals surface area (Å²) in [4.78, 5) is 0. The fraction of sp³-hybridized carbons (Fsp3) is 0.333. The highest BCUT2D eigenvalue weighted by Gasteiger charge is 2.10. The Balaban J connectivity index is 2.11. The molecule has 0 fully saturated rings. The Labute approximate surface area is 100 Å². The molecule has 0 aliphatic heterocycles. The molecule has 1 unspecified atom stereocenters. The lowest BCUT2D eigenvalue weighted by atomic mass is 10.1. The van der Waals surface area contributed by atoms with Crippen LogP contribution in [0.1, 0.15) is 24.4 Å². The molecule has 0 amide bonds. The van der Waals surface area contributed by atoms with Gasteiger partial charge in [-0.25, -0.2) is 0 Å². The van der Waals surface area contributed by atoms with Gasteiger partial charge in [-0.3, -0.25) is 0 Å². The number of hydrogen-bond donors (Lipinski definition) is 0. The van der Waals surface area contributed by atoms with E-state index in [9.17, 15) is 0 Å². The van der Waals surface area contributed by atoms with Gasteiger partial charge in [0.1, 0.15) is 12.2 Å². The Hall–Kier alpha value is -1.35. The average molecular weight is 236 g/mol. The molecule has 2 aromatic rings. The lowest BCUT2D eigenvalue weighted by Crippen LogP contribution is -2.10. The van der Waals surface area contributed by atoms with Crippen molar-refractivity contribution in [3.63, 3.8) is 0 Å². The molecular formula is C12H14ClN3. The second-order valence-corrected chi connectivity index (χ2v) is 4.09. The van der Waals surface area contributed by atoms with Crippen LogP contribution >= 0.6 is 11.6 Å². The normalized spacial score (nSPS) is 12.6. The number of hydrogen-bond acceptors (Lipinski definition) is 2. The maximum atomic E-state index is 5.80. The molecule has 0 N–H and O–H groups in total. The van der Waals surface area contributed by atoms with Gasteiger partial charge in [0, 0.05) is 6.04 Å². The minimum atomic E-state index is 0.325. The van der Waals surface area contributed by atoms with E-state index >= 15 is 0 Å². The molecule has 16 heavy (non-hydrogen) atoms. The van der Waals surface area contributed by atoms with Crippen LogP contribution in [0.25, 0.3) is 0 Å². The zero-order valence-corrected chi connectivity index (χ0v) is 9.93. The Morgan fingerprint density at radius 2 is 2.06 bits per heavy atom. The van der Waals surface area contributed by atoms with Gasteiger partial charge in [0.25, 0.3) is 0 Å². The summed E-state index contributed by atoms with van der Waals surface area (Å²) < 4.78 is 2.03. The van der Waals surface area contributed by atoms with Gasteiger partial charge in [0.05, 0.1) is 5.88 Å². The molecule has 0 radical (unpaired) electrons. The van der Waals surface area contributed by atoms with Crippen molar-refractivity contribution in [2.24, 2.45) is 0 Å². The fourth-order valence-corrected chi connectivity index (χ4v) is 1.98. The maximum Gasteiger partial charge on any atom is 0.148 e. The van der Waals surface area contributed by atoms with E-state index in [1.807, 2.05) is 10.6 Å². The Bertz CT molecular complexity index is 439. The molecule has 1 atom stereocenters. The molecule has 0 saturated heterocycles. The zero-order chi connectivity index (χ0) is 11.4. The van der Waals surface area contributed by atoms with Crippen molar-refractivity contribution in [3.05, 3.63) is 48.0 Å². The molecule has 0 saturated carbocycles. The van der Waals surface area contributed by atoms with Gasteiger partial charge in [0.15, 0.2) is 0 Å². The van der Waals surface area contributed by atoms with Crippen LogP contribution in [0.15, 0.2) is 36.7 Å². The zero-order valence-electron chi connectivity index (χ0n) is 9.18. The molecule has 84 valence electrons. The van der Waals surface area contributed by atoms with E-state index in [0.29, 0.717) is 11.9 Å². The molecule has 4 heteroatoms. The molecule has 0 aliphatic rings. The first-order valence-electron chi connectivity index (χ1n) is 5.29. The SMILES string of the molecule is CC(Cc1ccccc1)n1cnnc1CCl. The van der Waals surface area contributed by atoms with Gasteiger partial charge in [-0.1, -0.05) is 30.3 Å². The summed E-state index contributed by atoms with van der Waals surface area (Å²) in [5.74, 6) is 1.23. The number of alkyl halides is 1. The van der Waals surface area contributed by atoms with Crippen LogP contribution in [0, 0.1) is 0 Å². The van der Waals surface area contributed by atoms with E-state index in [2.05, 4.69) is 41.4 Å². The lowest BCUT2D eigenvalue weighted by Gasteiger charge is -2.14. The molecule has 0 bridgehead atoms. The number of aromatic nitrogens is 3. The molecule has 3 nitrogen and oxygen atoms in total. The number of rotatable bonds is 4. The number of halogens is 1. The molecule has 0 aliphatic carbocycles. The predicted octanol–water partition coefficient (Wildman–Crippen LogP) is 2.82. The van der Waals surface area contributed by atoms with Crippen LogP contribution in [0.2, 0.25) is 0 Å². The maximum absolute atomic E-state index is 5.80. The van der Waals surface area contributed by atoms with Crippen molar-refractivity contribution < 1.29 is 0 Å². The van der Waals surface area contributed by atoms with Crippen LogP contribution in [-0.4, -0.2) is 14.8 Å². The summed E-state index contributed by atoms with van der Waals surface area (Å²) >= 11 is 5.80. The van der Waals surface area contributed by atoms with E-state index in [1.165, 1.54) is 5.56 Å². The van der Waals surface area contributed by atoms with Crippen molar-refractivity contribution in [2.45, 2.75) is 25.3 Å². The lowest BCUT2D eigenvalue weighted by molar-refractivity contribution is 0.528. The second kappa shape index (κ2) is 5.12. The van der Waals surface area contributed by atoms with Crippen LogP contribution < -0.4 is 0 Å². The van der Waals surface area contributed by atoms with Crippen molar-refractivity contribution >= 4 is 11.6 Å². The molecule has 0 spiro atoms. The average Bonchev–Trinajstić information content (AvgIpc) is 2.78. The van der Waals surface area contributed by atoms with Gasteiger partial charge in [0.2, 0.25) is 0 Å². The number of nitrogens with zero attached hydrogens (tertiary/aromatic N) is 3. The van der Waals surface area contributed by atoms with Crippen LogP contribution in [-0.2, 0) is 12.3 Å². The van der Waals surface area contributed by atoms with Crippen LogP contribution in [0.3, 0.4) is 0 Å². The second-order valence-electron chi connectivity index (χ2n) is 3.83. The quantitative estimate of drug-likeness (QED) is 0.763. The summed E-state index contributed by atoms with van der Waals surface area (Å²) in [6.45, 7) is 2.15. The first-order chi connectivity index (χ1) is 7.81. The van der Waals surface area contributed by atoms with Crippen LogP contribution in [0.4, 0.5) is 0 Å². The first kappa shape index (κ1) is 11.1. The monoisotopic (exact) mass is 235 g/mol. The third-order valence-corrected chi connectivity index (χ3v) is 2.85. The van der Waals surface area contributed by atoms with Gasteiger partial charge < -0.3 is 4.57 Å². The summed E-state index contributed by atoms with van der Waals surface area (Å²) in [7, 11) is 0. The van der Waals surface area contributed by atoms with Gasteiger partial charge >= 0.3 is 0 Å². The molecule has 1 heterocycles. The summed E-state index contributed by atoms with van der Waals surface area (Å²) in [5.41, 5.74) is 1.31. The highest BCUT2D eigenvalue weighted by atomic mass is 35.5. The Morgan fingerprint density at radius 3 is 2.75 bits per heavy atom. The fourth-order valence-electron chi connectivity index (χ4n) is 1.78. The summed E-state index contributed by atoms with van der Waals surface area (Å²) in [6, 6.07) is 10.7. The largest absolute Gasteiger partial charge is 0.313 e. The highest BCUT2D eigenvalue weighted by Crippen LogP contribution is 2.15.